The molecule has 1 aliphatic heterocycles. The van der Waals surface area contributed by atoms with Gasteiger partial charge in [-0.15, -0.1) is 0 Å². The quantitative estimate of drug-likeness (QED) is 0.895. The molecule has 0 aliphatic carbocycles. The van der Waals surface area contributed by atoms with Crippen molar-refractivity contribution in [1.82, 2.24) is 9.97 Å². The van der Waals surface area contributed by atoms with Gasteiger partial charge in [0.25, 0.3) is 0 Å². The molecule has 2 N–H and O–H groups in total. The molecule has 0 atom stereocenters. The van der Waals surface area contributed by atoms with Gasteiger partial charge in [0.2, 0.25) is 5.95 Å². The summed E-state index contributed by atoms with van der Waals surface area (Å²) in [4.78, 5) is 21.4. The summed E-state index contributed by atoms with van der Waals surface area (Å²) in [6.45, 7) is 1.19. The van der Waals surface area contributed by atoms with E-state index in [2.05, 4.69) is 15.3 Å². The largest absolute Gasteiger partial charge is 0.481 e. The Morgan fingerprint density at radius 1 is 1.21 bits per heavy atom. The van der Waals surface area contributed by atoms with Crippen LogP contribution in [0.5, 0.6) is 0 Å². The Balaban J connectivity index is 1.70. The van der Waals surface area contributed by atoms with Crippen LogP contribution >= 0.6 is 0 Å². The molecule has 1 aromatic carbocycles. The van der Waals surface area contributed by atoms with Gasteiger partial charge in [-0.05, 0) is 31.0 Å². The summed E-state index contributed by atoms with van der Waals surface area (Å²) in [5.41, 5.74) is 0.343. The fraction of sp³-hybridized carbons (Fsp3) is 0.312. The molecule has 1 aliphatic rings. The number of aromatic nitrogens is 2. The molecule has 6 nitrogen and oxygen atoms in total. The maximum atomic E-state index is 13.2. The Hall–Kier alpha value is -2.77. The molecule has 0 radical (unpaired) electrons. The van der Waals surface area contributed by atoms with Gasteiger partial charge < -0.3 is 15.3 Å². The lowest BCUT2D eigenvalue weighted by Crippen LogP contribution is -2.36. The Morgan fingerprint density at radius 2 is 1.96 bits per heavy atom. The van der Waals surface area contributed by atoms with Crippen LogP contribution in [0.3, 0.4) is 0 Å². The number of nitrogens with one attached hydrogen (secondary N) is 1. The minimum Gasteiger partial charge on any atom is -0.481 e. The lowest BCUT2D eigenvalue weighted by atomic mass is 9.97. The molecule has 2 aromatic rings. The molecule has 1 aromatic heterocycles. The van der Waals surface area contributed by atoms with Crippen LogP contribution in [0.4, 0.5) is 26.2 Å². The van der Waals surface area contributed by atoms with Crippen molar-refractivity contribution in [3.05, 3.63) is 42.1 Å². The minimum absolute atomic E-state index is 0.263. The van der Waals surface area contributed by atoms with Gasteiger partial charge in [0.15, 0.2) is 11.6 Å². The average molecular weight is 334 g/mol. The van der Waals surface area contributed by atoms with Crippen LogP contribution in [0.2, 0.25) is 0 Å². The number of nitrogens with zero attached hydrogens (tertiary/aromatic N) is 3. The number of aliphatic carboxylic acids is 1. The highest BCUT2D eigenvalue weighted by Gasteiger charge is 2.25. The molecule has 0 unspecified atom stereocenters. The first kappa shape index (κ1) is 16.1. The van der Waals surface area contributed by atoms with Crippen molar-refractivity contribution in [3.8, 4) is 0 Å². The molecule has 1 fully saturated rings. The zero-order chi connectivity index (χ0) is 17.1. The third-order valence-electron chi connectivity index (χ3n) is 3.98. The predicted molar refractivity (Wildman–Crippen MR) is 84.2 cm³/mol. The lowest BCUT2D eigenvalue weighted by molar-refractivity contribution is -0.142. The molecule has 0 bridgehead atoms. The van der Waals surface area contributed by atoms with E-state index in [-0.39, 0.29) is 11.9 Å². The van der Waals surface area contributed by atoms with Crippen molar-refractivity contribution in [1.29, 1.82) is 0 Å². The van der Waals surface area contributed by atoms with Gasteiger partial charge >= 0.3 is 5.97 Å². The number of carboxylic acid groups (broad SMARTS) is 1. The molecule has 24 heavy (non-hydrogen) atoms. The van der Waals surface area contributed by atoms with Gasteiger partial charge in [0, 0.05) is 31.0 Å². The number of piperidine rings is 1. The number of halogens is 2. The predicted octanol–water partition coefficient (Wildman–Crippen LogP) is 2.80. The third-order valence-corrected chi connectivity index (χ3v) is 3.98. The zero-order valence-corrected chi connectivity index (χ0v) is 12.7. The van der Waals surface area contributed by atoms with Crippen LogP contribution in [0.15, 0.2) is 30.5 Å². The van der Waals surface area contributed by atoms with E-state index in [1.807, 2.05) is 4.90 Å². The number of rotatable bonds is 4. The van der Waals surface area contributed by atoms with E-state index in [1.54, 1.807) is 12.3 Å². The van der Waals surface area contributed by atoms with Crippen molar-refractivity contribution in [2.24, 2.45) is 5.92 Å². The number of carbonyl (C=O) groups is 1. The number of hydrogen-bond donors (Lipinski definition) is 2. The molecule has 0 spiro atoms. The van der Waals surface area contributed by atoms with E-state index in [0.29, 0.717) is 37.4 Å². The SMILES string of the molecule is O=C(O)C1CCN(c2ccnc(Nc3ccc(F)c(F)c3)n2)CC1. The van der Waals surface area contributed by atoms with Crippen molar-refractivity contribution < 1.29 is 18.7 Å². The van der Waals surface area contributed by atoms with Crippen LogP contribution in [-0.4, -0.2) is 34.1 Å². The number of carboxylic acids is 1. The van der Waals surface area contributed by atoms with Gasteiger partial charge in [0.1, 0.15) is 5.82 Å². The van der Waals surface area contributed by atoms with E-state index in [9.17, 15) is 13.6 Å². The summed E-state index contributed by atoms with van der Waals surface area (Å²) >= 11 is 0. The van der Waals surface area contributed by atoms with Gasteiger partial charge in [-0.25, -0.2) is 13.8 Å². The first-order valence-corrected chi connectivity index (χ1v) is 7.56. The van der Waals surface area contributed by atoms with E-state index in [0.717, 1.165) is 12.1 Å². The molecular weight excluding hydrogens is 318 g/mol. The second-order valence-corrected chi connectivity index (χ2v) is 5.59. The zero-order valence-electron chi connectivity index (χ0n) is 12.7. The highest BCUT2D eigenvalue weighted by molar-refractivity contribution is 5.70. The number of anilines is 3. The first-order valence-electron chi connectivity index (χ1n) is 7.56. The van der Waals surface area contributed by atoms with E-state index in [4.69, 9.17) is 5.11 Å². The first-order chi connectivity index (χ1) is 11.5. The Bertz CT molecular complexity index is 749. The number of hydrogen-bond acceptors (Lipinski definition) is 5. The lowest BCUT2D eigenvalue weighted by Gasteiger charge is -2.31. The fourth-order valence-corrected chi connectivity index (χ4v) is 2.64. The maximum Gasteiger partial charge on any atom is 0.306 e. The summed E-state index contributed by atoms with van der Waals surface area (Å²) in [7, 11) is 0. The van der Waals surface area contributed by atoms with Crippen molar-refractivity contribution in [2.75, 3.05) is 23.3 Å². The van der Waals surface area contributed by atoms with Gasteiger partial charge in [-0.2, -0.15) is 4.98 Å². The molecule has 0 amide bonds. The summed E-state index contributed by atoms with van der Waals surface area (Å²) < 4.78 is 26.2. The molecule has 1 saturated heterocycles. The van der Waals surface area contributed by atoms with E-state index in [1.165, 1.54) is 6.07 Å². The van der Waals surface area contributed by atoms with Crippen LogP contribution in [0, 0.1) is 17.6 Å². The fourth-order valence-electron chi connectivity index (χ4n) is 2.64. The highest BCUT2D eigenvalue weighted by atomic mass is 19.2. The van der Waals surface area contributed by atoms with Gasteiger partial charge in [-0.3, -0.25) is 4.79 Å². The second kappa shape index (κ2) is 6.77. The van der Waals surface area contributed by atoms with Crippen LogP contribution in [0.25, 0.3) is 0 Å². The highest BCUT2D eigenvalue weighted by Crippen LogP contribution is 2.23. The third kappa shape index (κ3) is 3.58. The van der Waals surface area contributed by atoms with Crippen LogP contribution in [-0.2, 0) is 4.79 Å². The summed E-state index contributed by atoms with van der Waals surface area (Å²) in [5.74, 6) is -2.03. The summed E-state index contributed by atoms with van der Waals surface area (Å²) in [6.07, 6.45) is 2.68. The monoisotopic (exact) mass is 334 g/mol. The molecule has 8 heteroatoms. The molecular formula is C16H16F2N4O2. The van der Waals surface area contributed by atoms with Crippen molar-refractivity contribution in [3.63, 3.8) is 0 Å². The van der Waals surface area contributed by atoms with E-state index >= 15 is 0 Å². The van der Waals surface area contributed by atoms with Crippen LogP contribution in [0.1, 0.15) is 12.8 Å². The number of benzene rings is 1. The summed E-state index contributed by atoms with van der Waals surface area (Å²) in [5, 5.41) is 11.9. The summed E-state index contributed by atoms with van der Waals surface area (Å²) in [6, 6.07) is 5.19. The van der Waals surface area contributed by atoms with E-state index < -0.39 is 17.6 Å². The molecule has 3 rings (SSSR count). The Labute approximate surface area is 137 Å². The van der Waals surface area contributed by atoms with Crippen LogP contribution < -0.4 is 10.2 Å². The van der Waals surface area contributed by atoms with Crippen molar-refractivity contribution in [2.45, 2.75) is 12.8 Å². The second-order valence-electron chi connectivity index (χ2n) is 5.59. The standard InChI is InChI=1S/C16H16F2N4O2/c17-12-2-1-11(9-13(12)18)20-16-19-6-3-14(21-16)22-7-4-10(5-8-22)15(23)24/h1-3,6,9-10H,4-5,7-8H2,(H,23,24)(H,19,20,21). The average Bonchev–Trinajstić information content (AvgIpc) is 2.58. The van der Waals surface area contributed by atoms with Crippen molar-refractivity contribution >= 4 is 23.4 Å². The Morgan fingerprint density at radius 3 is 2.62 bits per heavy atom. The minimum atomic E-state index is -0.952. The molecule has 126 valence electrons. The molecule has 2 heterocycles. The Kier molecular flexibility index (Phi) is 4.54. The van der Waals surface area contributed by atoms with Gasteiger partial charge in [0.05, 0.1) is 5.92 Å². The molecule has 0 saturated carbocycles. The van der Waals surface area contributed by atoms with Gasteiger partial charge in [-0.1, -0.05) is 0 Å². The normalized spacial score (nSPS) is 15.3. The maximum absolute atomic E-state index is 13.2. The topological polar surface area (TPSA) is 78.3 Å². The smallest absolute Gasteiger partial charge is 0.306 e.